The quantitative estimate of drug-likeness (QED) is 0.0841. The summed E-state index contributed by atoms with van der Waals surface area (Å²) in [7, 11) is 0. The molecule has 0 spiro atoms. The van der Waals surface area contributed by atoms with Crippen molar-refractivity contribution in [1.29, 1.82) is 0 Å². The lowest BCUT2D eigenvalue weighted by Gasteiger charge is -2.28. The zero-order valence-corrected chi connectivity index (χ0v) is 29.7. The molecule has 2 aliphatic rings. The van der Waals surface area contributed by atoms with Crippen LogP contribution in [0.5, 0.6) is 11.6 Å². The van der Waals surface area contributed by atoms with Gasteiger partial charge in [-0.05, 0) is 42.0 Å². The van der Waals surface area contributed by atoms with Crippen LogP contribution >= 0.6 is 0 Å². The summed E-state index contributed by atoms with van der Waals surface area (Å²) in [4.78, 5) is 45.2. The van der Waals surface area contributed by atoms with Crippen molar-refractivity contribution >= 4 is 33.6 Å². The number of hydrogen-bond donors (Lipinski definition) is 1. The summed E-state index contributed by atoms with van der Waals surface area (Å²) in [5.74, 6) is 0.0175. The van der Waals surface area contributed by atoms with E-state index in [4.69, 9.17) is 38.1 Å². The minimum Gasteiger partial charge on any atom is -0.491 e. The molecule has 1 atom stereocenters. The van der Waals surface area contributed by atoms with E-state index >= 15 is 0 Å². The van der Waals surface area contributed by atoms with Crippen LogP contribution in [-0.4, -0.2) is 110 Å². The van der Waals surface area contributed by atoms with Gasteiger partial charge in [-0.1, -0.05) is 17.8 Å². The van der Waals surface area contributed by atoms with Gasteiger partial charge in [-0.15, -0.1) is 0 Å². The molecule has 2 aliphatic heterocycles. The number of alkyl halides is 2. The maximum atomic E-state index is 14.0. The Morgan fingerprint density at radius 1 is 0.727 bits per heavy atom. The molecule has 5 aromatic rings. The van der Waals surface area contributed by atoms with Crippen LogP contribution in [0.1, 0.15) is 33.7 Å². The average molecular weight is 764 g/mol. The number of carbonyl (C=O) groups excluding carboxylic acids is 2. The first kappa shape index (κ1) is 38.1. The number of pyridine rings is 2. The van der Waals surface area contributed by atoms with Crippen LogP contribution in [0.2, 0.25) is 0 Å². The summed E-state index contributed by atoms with van der Waals surface area (Å²) < 4.78 is 62.4. The summed E-state index contributed by atoms with van der Waals surface area (Å²) in [6, 6.07) is 15.4. The molecule has 5 heterocycles. The smallest absolute Gasteiger partial charge is 0.319 e. The molecule has 0 radical (unpaired) electrons. The molecule has 0 bridgehead atoms. The molecule has 2 amide bonds. The molecule has 15 nitrogen and oxygen atoms in total. The number of amides is 2. The van der Waals surface area contributed by atoms with Crippen molar-refractivity contribution < 1.29 is 56.5 Å². The van der Waals surface area contributed by atoms with Gasteiger partial charge < -0.3 is 28.4 Å². The van der Waals surface area contributed by atoms with Gasteiger partial charge in [0.2, 0.25) is 5.88 Å². The summed E-state index contributed by atoms with van der Waals surface area (Å²) in [5, 5.41) is 1.39. The predicted molar refractivity (Wildman–Crippen MR) is 192 cm³/mol. The second-order valence-corrected chi connectivity index (χ2v) is 12.3. The largest absolute Gasteiger partial charge is 0.491 e. The fourth-order valence-electron chi connectivity index (χ4n) is 6.23. The third-order valence-electron chi connectivity index (χ3n) is 8.85. The Kier molecular flexibility index (Phi) is 12.8. The number of imide groups is 1. The van der Waals surface area contributed by atoms with Crippen LogP contribution < -0.4 is 15.1 Å². The van der Waals surface area contributed by atoms with E-state index in [1.165, 1.54) is 6.20 Å². The second kappa shape index (κ2) is 18.5. The molecule has 290 valence electrons. The molecule has 1 N–H and O–H groups in total. The molecule has 1 saturated heterocycles. The number of fused-ring (bicyclic) bond motifs is 4. The highest BCUT2D eigenvalue weighted by Gasteiger charge is 2.41. The highest BCUT2D eigenvalue weighted by molar-refractivity contribution is 6.21. The lowest BCUT2D eigenvalue weighted by atomic mass is 10.1. The zero-order valence-electron chi connectivity index (χ0n) is 29.7. The SMILES string of the molecule is O=C1c2ccc(OCCOCCOCCOCCOCCOc3ccc(-c4ccc5c6cnccc6n(C(F)F)c5c4)cn3)cc2C(=O)N1C1CCONO1. The molecule has 0 saturated carbocycles. The van der Waals surface area contributed by atoms with E-state index in [2.05, 4.69) is 15.6 Å². The van der Waals surface area contributed by atoms with E-state index < -0.39 is 24.6 Å². The molecule has 17 heteroatoms. The molecule has 0 aliphatic carbocycles. The number of halogens is 2. The number of hydrogen-bond acceptors (Lipinski definition) is 13. The maximum Gasteiger partial charge on any atom is 0.319 e. The Bertz CT molecular complexity index is 2080. The highest BCUT2D eigenvalue weighted by Crippen LogP contribution is 2.35. The monoisotopic (exact) mass is 763 g/mol. The summed E-state index contributed by atoms with van der Waals surface area (Å²) in [6.45, 7) is 1.19. The number of aromatic nitrogens is 3. The van der Waals surface area contributed by atoms with E-state index in [0.717, 1.165) is 20.6 Å². The number of nitrogens with one attached hydrogen (secondary N) is 1. The van der Waals surface area contributed by atoms with Gasteiger partial charge in [0.1, 0.15) is 19.0 Å². The number of benzene rings is 2. The minimum atomic E-state index is -2.69. The molecule has 2 aromatic carbocycles. The number of carbonyl (C=O) groups is 2. The minimum absolute atomic E-state index is 0.255. The summed E-state index contributed by atoms with van der Waals surface area (Å²) >= 11 is 0. The molecule has 7 rings (SSSR count). The van der Waals surface area contributed by atoms with Gasteiger partial charge in [-0.3, -0.25) is 28.8 Å². The van der Waals surface area contributed by atoms with Gasteiger partial charge in [0, 0.05) is 47.4 Å². The second-order valence-electron chi connectivity index (χ2n) is 12.3. The average Bonchev–Trinajstić information content (AvgIpc) is 3.68. The fourth-order valence-corrected chi connectivity index (χ4v) is 6.23. The van der Waals surface area contributed by atoms with Crippen molar-refractivity contribution in [2.75, 3.05) is 72.7 Å². The van der Waals surface area contributed by atoms with Crippen LogP contribution in [0.4, 0.5) is 8.78 Å². The van der Waals surface area contributed by atoms with E-state index in [9.17, 15) is 18.4 Å². The van der Waals surface area contributed by atoms with Gasteiger partial charge in [-0.2, -0.15) is 8.78 Å². The van der Waals surface area contributed by atoms with E-state index in [1.54, 1.807) is 48.8 Å². The first-order valence-corrected chi connectivity index (χ1v) is 17.7. The van der Waals surface area contributed by atoms with Gasteiger partial charge in [0.15, 0.2) is 6.23 Å². The van der Waals surface area contributed by atoms with Gasteiger partial charge in [-0.25, -0.2) is 9.88 Å². The van der Waals surface area contributed by atoms with Gasteiger partial charge >= 0.3 is 6.55 Å². The van der Waals surface area contributed by atoms with Gasteiger partial charge in [0.05, 0.1) is 81.6 Å². The Hall–Kier alpha value is -5.14. The Morgan fingerprint density at radius 3 is 2.09 bits per heavy atom. The Balaban J connectivity index is 0.701. The highest BCUT2D eigenvalue weighted by atomic mass is 19.3. The van der Waals surface area contributed by atoms with Crippen LogP contribution in [0, 0.1) is 0 Å². The summed E-state index contributed by atoms with van der Waals surface area (Å²) in [5.41, 5.74) is 5.22. The molecular formula is C38H39F2N5O10. The van der Waals surface area contributed by atoms with Crippen LogP contribution in [0.3, 0.4) is 0 Å². The van der Waals surface area contributed by atoms with Crippen LogP contribution in [-0.2, 0) is 28.6 Å². The Labute approximate surface area is 313 Å². The lowest BCUT2D eigenvalue weighted by Crippen LogP contribution is -2.47. The molecule has 1 unspecified atom stereocenters. The predicted octanol–water partition coefficient (Wildman–Crippen LogP) is 4.95. The lowest BCUT2D eigenvalue weighted by molar-refractivity contribution is -0.259. The van der Waals surface area contributed by atoms with Crippen molar-refractivity contribution in [3.8, 4) is 22.8 Å². The maximum absolute atomic E-state index is 14.0. The zero-order chi connectivity index (χ0) is 38.0. The third kappa shape index (κ3) is 9.05. The normalized spacial score (nSPS) is 15.8. The first-order valence-electron chi connectivity index (χ1n) is 17.7. The van der Waals surface area contributed by atoms with Crippen molar-refractivity contribution in [3.63, 3.8) is 0 Å². The van der Waals surface area contributed by atoms with Crippen molar-refractivity contribution in [3.05, 3.63) is 84.3 Å². The van der Waals surface area contributed by atoms with Gasteiger partial charge in [0.25, 0.3) is 11.8 Å². The summed E-state index contributed by atoms with van der Waals surface area (Å²) in [6.07, 6.45) is 4.38. The topological polar surface area (TPSA) is 154 Å². The van der Waals surface area contributed by atoms with E-state index in [-0.39, 0.29) is 12.2 Å². The van der Waals surface area contributed by atoms with Crippen molar-refractivity contribution in [2.45, 2.75) is 19.2 Å². The number of nitrogens with zero attached hydrogens (tertiary/aromatic N) is 4. The van der Waals surface area contributed by atoms with Crippen molar-refractivity contribution in [2.24, 2.45) is 0 Å². The van der Waals surface area contributed by atoms with E-state index in [1.807, 2.05) is 18.2 Å². The van der Waals surface area contributed by atoms with Crippen molar-refractivity contribution in [1.82, 2.24) is 25.1 Å². The third-order valence-corrected chi connectivity index (χ3v) is 8.85. The number of ether oxygens (including phenoxy) is 6. The molecular weight excluding hydrogens is 724 g/mol. The molecule has 55 heavy (non-hydrogen) atoms. The van der Waals surface area contributed by atoms with Crippen LogP contribution in [0.25, 0.3) is 32.9 Å². The Morgan fingerprint density at radius 2 is 1.42 bits per heavy atom. The number of rotatable bonds is 20. The fraction of sp³-hybridized carbons (Fsp3) is 0.368. The first-order chi connectivity index (χ1) is 27.0. The molecule has 3 aromatic heterocycles. The van der Waals surface area contributed by atoms with Crippen LogP contribution in [0.15, 0.2) is 73.2 Å². The van der Waals surface area contributed by atoms with E-state index in [0.29, 0.717) is 111 Å². The standard InChI is InChI=1S/C38H39F2N5O10/c39-38(40)44-32-7-9-41-24-31(32)28-4-1-25(21-33(28)44)26-2-6-34(42-23-26)53-20-18-51-16-14-49-12-11-48-13-15-50-17-19-52-27-3-5-29-30(22-27)37(47)45(36(29)46)35-8-10-54-43-55-35/h1-7,9,21-24,35,38,43H,8,10-20H2. The molecule has 1 fully saturated rings.